The lowest BCUT2D eigenvalue weighted by atomic mass is 9.50. The number of halogens is 5. The van der Waals surface area contributed by atoms with E-state index in [-0.39, 0.29) is 34.5 Å². The lowest BCUT2D eigenvalue weighted by Crippen LogP contribution is -2.50. The fourth-order valence-electron chi connectivity index (χ4n) is 11.8. The number of benzene rings is 1. The van der Waals surface area contributed by atoms with Crippen LogP contribution in [0.4, 0.5) is 22.0 Å². The van der Waals surface area contributed by atoms with E-state index in [9.17, 15) is 27.1 Å². The van der Waals surface area contributed by atoms with Gasteiger partial charge in [-0.25, -0.2) is 0 Å². The van der Waals surface area contributed by atoms with Crippen LogP contribution in [0.3, 0.4) is 0 Å². The fourth-order valence-corrected chi connectivity index (χ4v) is 15.5. The zero-order valence-electron chi connectivity index (χ0n) is 36.7. The Bertz CT molecular complexity index is 1490. The Labute approximate surface area is 352 Å². The zero-order chi connectivity index (χ0) is 42.1. The third-order valence-electron chi connectivity index (χ3n) is 16.8. The number of aliphatic hydroxyl groups is 1. The summed E-state index contributed by atoms with van der Waals surface area (Å²) in [6.45, 7) is 17.8. The molecule has 58 heavy (non-hydrogen) atoms. The molecule has 0 bridgehead atoms. The second-order valence-electron chi connectivity index (χ2n) is 20.6. The van der Waals surface area contributed by atoms with Crippen LogP contribution in [0, 0.1) is 34.5 Å². The van der Waals surface area contributed by atoms with Crippen molar-refractivity contribution in [1.82, 2.24) is 0 Å². The lowest BCUT2D eigenvalue weighted by molar-refractivity contribution is -0.284. The predicted octanol–water partition coefficient (Wildman–Crippen LogP) is 14.4. The van der Waals surface area contributed by atoms with Gasteiger partial charge in [0, 0.05) is 18.3 Å². The highest BCUT2D eigenvalue weighted by atomic mass is 32.2. The zero-order valence-corrected chi connectivity index (χ0v) is 38.5. The summed E-state index contributed by atoms with van der Waals surface area (Å²) in [5, 5.41) is 12.7. The summed E-state index contributed by atoms with van der Waals surface area (Å²) in [4.78, 5) is 0. The molecule has 1 aliphatic heterocycles. The average Bonchev–Trinajstić information content (AvgIpc) is 3.94. The SMILES string of the molecule is CC(C)C(C)(C)[Si](C)(C)O[C@@H]1CC2C3C(CC[C@]2(C)C12CC2)c1ccc(OC2CCCCO2)cc1[C@@H](O)[C@H]3CCCCCCCCCSCCCC(F)(F)C(F)(F)F. The normalized spacial score (nSPS) is 31.0. The van der Waals surface area contributed by atoms with Gasteiger partial charge in [-0.15, -0.1) is 0 Å². The van der Waals surface area contributed by atoms with Crippen LogP contribution in [0.15, 0.2) is 18.2 Å². The molecule has 4 fully saturated rings. The van der Waals surface area contributed by atoms with Gasteiger partial charge < -0.3 is 19.0 Å². The first-order valence-corrected chi connectivity index (χ1v) is 27.1. The summed E-state index contributed by atoms with van der Waals surface area (Å²) in [5.41, 5.74) is 2.87. The first kappa shape index (κ1) is 46.6. The second-order valence-corrected chi connectivity index (χ2v) is 26.4. The standard InChI is InChI=1S/C47H75F5O4SSi/c1-32(2)43(3,4)58(6,7)56-39-31-38-41-35(22-24-44(38,5)45(39)25-26-45)34-21-20-33(55-40-19-14-15-27-54-40)30-37(34)42(53)36(41)18-13-11-9-8-10-12-16-28-57-29-17-23-46(48,49)47(50,51)52/h20-21,30,32,35-36,38-42,53H,8-19,22-29,31H2,1-7H3/t35?,36-,38?,39+,40?,41?,42-,44-/m0/s1. The summed E-state index contributed by atoms with van der Waals surface area (Å²) >= 11 is 1.48. The molecule has 1 N–H and O–H groups in total. The largest absolute Gasteiger partial charge is 0.465 e. The van der Waals surface area contributed by atoms with Crippen molar-refractivity contribution in [2.75, 3.05) is 18.1 Å². The highest BCUT2D eigenvalue weighted by Crippen LogP contribution is 2.78. The number of thioether (sulfide) groups is 1. The van der Waals surface area contributed by atoms with Crippen molar-refractivity contribution in [3.8, 4) is 5.75 Å². The van der Waals surface area contributed by atoms with Crippen molar-refractivity contribution >= 4 is 20.1 Å². The van der Waals surface area contributed by atoms with Crippen LogP contribution >= 0.6 is 11.8 Å². The molecule has 4 nitrogen and oxygen atoms in total. The predicted molar refractivity (Wildman–Crippen MR) is 228 cm³/mol. The topological polar surface area (TPSA) is 47.9 Å². The van der Waals surface area contributed by atoms with Gasteiger partial charge in [0.15, 0.2) is 14.6 Å². The van der Waals surface area contributed by atoms with E-state index in [1.54, 1.807) is 0 Å². The number of fused-ring (bicyclic) bond motifs is 6. The quantitative estimate of drug-likeness (QED) is 0.0804. The van der Waals surface area contributed by atoms with Crippen LogP contribution < -0.4 is 4.74 Å². The number of aliphatic hydroxyl groups excluding tert-OH is 1. The van der Waals surface area contributed by atoms with Crippen LogP contribution in [-0.2, 0) is 9.16 Å². The van der Waals surface area contributed by atoms with Crippen molar-refractivity contribution in [2.24, 2.45) is 34.5 Å². The molecule has 11 heteroatoms. The molecule has 8 atom stereocenters. The van der Waals surface area contributed by atoms with Gasteiger partial charge in [-0.1, -0.05) is 79.2 Å². The van der Waals surface area contributed by atoms with E-state index >= 15 is 0 Å². The molecule has 1 spiro atoms. The number of unbranched alkanes of at least 4 members (excludes halogenated alkanes) is 6. The van der Waals surface area contributed by atoms with E-state index in [1.807, 2.05) is 0 Å². The first-order valence-electron chi connectivity index (χ1n) is 23.1. The monoisotopic (exact) mass is 859 g/mol. The molecule has 332 valence electrons. The molecular formula is C47H75F5O4SSi. The van der Waals surface area contributed by atoms with E-state index in [2.05, 4.69) is 65.9 Å². The van der Waals surface area contributed by atoms with Gasteiger partial charge in [-0.05, 0) is 152 Å². The summed E-state index contributed by atoms with van der Waals surface area (Å²) in [6, 6.07) is 6.53. The molecule has 1 aromatic carbocycles. The van der Waals surface area contributed by atoms with Crippen LogP contribution in [0.1, 0.15) is 173 Å². The maximum Gasteiger partial charge on any atom is 0.453 e. The average molecular weight is 859 g/mol. The molecule has 0 aromatic heterocycles. The minimum Gasteiger partial charge on any atom is -0.465 e. The van der Waals surface area contributed by atoms with Crippen molar-refractivity contribution in [2.45, 2.75) is 205 Å². The molecule has 5 aliphatic rings. The summed E-state index contributed by atoms with van der Waals surface area (Å²) < 4.78 is 83.2. The summed E-state index contributed by atoms with van der Waals surface area (Å²) in [7, 11) is -2.06. The van der Waals surface area contributed by atoms with Crippen LogP contribution in [0.25, 0.3) is 0 Å². The Morgan fingerprint density at radius 3 is 2.21 bits per heavy atom. The second kappa shape index (κ2) is 18.5. The Hall–Kier alpha value is -0.883. The van der Waals surface area contributed by atoms with Crippen LogP contribution in [0.2, 0.25) is 18.1 Å². The van der Waals surface area contributed by atoms with E-state index in [4.69, 9.17) is 13.9 Å². The van der Waals surface area contributed by atoms with Gasteiger partial charge in [-0.3, -0.25) is 0 Å². The number of alkyl halides is 5. The van der Waals surface area contributed by atoms with E-state index in [1.165, 1.54) is 36.6 Å². The minimum absolute atomic E-state index is 0.129. The van der Waals surface area contributed by atoms with Crippen molar-refractivity contribution in [3.63, 3.8) is 0 Å². The van der Waals surface area contributed by atoms with Crippen LogP contribution in [-0.4, -0.2) is 56.0 Å². The third-order valence-corrected chi connectivity index (χ3v) is 22.5. The molecule has 4 aliphatic carbocycles. The molecule has 0 radical (unpaired) electrons. The minimum atomic E-state index is -5.46. The molecule has 4 unspecified atom stereocenters. The van der Waals surface area contributed by atoms with Gasteiger partial charge in [0.05, 0.1) is 18.8 Å². The number of hydrogen-bond acceptors (Lipinski definition) is 5. The van der Waals surface area contributed by atoms with Gasteiger partial charge in [0.1, 0.15) is 5.75 Å². The molecule has 0 amide bonds. The highest BCUT2D eigenvalue weighted by molar-refractivity contribution is 7.99. The first-order chi connectivity index (χ1) is 27.3. The van der Waals surface area contributed by atoms with Crippen LogP contribution in [0.5, 0.6) is 5.75 Å². The van der Waals surface area contributed by atoms with Gasteiger partial charge in [0.2, 0.25) is 0 Å². The number of rotatable bonds is 20. The molecule has 6 rings (SSSR count). The third kappa shape index (κ3) is 9.53. The maximum absolute atomic E-state index is 13.1. The molecule has 3 saturated carbocycles. The van der Waals surface area contributed by atoms with Gasteiger partial charge in [-0.2, -0.15) is 33.7 Å². The Morgan fingerprint density at radius 2 is 1.57 bits per heavy atom. The Kier molecular flexibility index (Phi) is 14.8. The highest BCUT2D eigenvalue weighted by Gasteiger charge is 2.73. The lowest BCUT2D eigenvalue weighted by Gasteiger charge is -2.55. The van der Waals surface area contributed by atoms with Crippen molar-refractivity contribution in [3.05, 3.63) is 29.3 Å². The van der Waals surface area contributed by atoms with Gasteiger partial charge in [0.25, 0.3) is 0 Å². The van der Waals surface area contributed by atoms with Gasteiger partial charge >= 0.3 is 12.1 Å². The van der Waals surface area contributed by atoms with E-state index in [0.717, 1.165) is 107 Å². The molecule has 1 aromatic rings. The van der Waals surface area contributed by atoms with E-state index < -0.39 is 32.9 Å². The van der Waals surface area contributed by atoms with Crippen molar-refractivity contribution in [1.29, 1.82) is 0 Å². The number of hydrogen-bond donors (Lipinski definition) is 1. The Morgan fingerprint density at radius 1 is 0.897 bits per heavy atom. The fraction of sp³-hybridized carbons (Fsp3) is 0.872. The Balaban J connectivity index is 1.08. The molecule has 1 heterocycles. The summed E-state index contributed by atoms with van der Waals surface area (Å²) in [5.74, 6) is -0.567. The maximum atomic E-state index is 13.1. The van der Waals surface area contributed by atoms with E-state index in [0.29, 0.717) is 35.5 Å². The number of ether oxygens (including phenoxy) is 2. The molecule has 1 saturated heterocycles. The summed E-state index contributed by atoms with van der Waals surface area (Å²) in [6.07, 6.45) is 10.5. The molecular weight excluding hydrogens is 784 g/mol. The smallest absolute Gasteiger partial charge is 0.453 e. The van der Waals surface area contributed by atoms with Crippen molar-refractivity contribution < 1.29 is 41.0 Å².